The third-order valence-electron chi connectivity index (χ3n) is 4.85. The van der Waals surface area contributed by atoms with E-state index in [2.05, 4.69) is 46.8 Å². The minimum atomic E-state index is -0.489. The van der Waals surface area contributed by atoms with Crippen LogP contribution in [0.25, 0.3) is 0 Å². The molecule has 148 valence electrons. The molecule has 0 aliphatic carbocycles. The summed E-state index contributed by atoms with van der Waals surface area (Å²) in [5.74, 6) is 1.38. The van der Waals surface area contributed by atoms with Crippen molar-refractivity contribution in [3.8, 4) is 11.5 Å². The number of phenols is 1. The SMILES string of the molecule is CCCCCCCCOc1cc(C)c([Te]c2c(C)cc(O)cc2C)c(C)c1. The molecule has 27 heavy (non-hydrogen) atoms. The van der Waals surface area contributed by atoms with Crippen LogP contribution in [0.4, 0.5) is 0 Å². The van der Waals surface area contributed by atoms with Gasteiger partial charge in [-0.05, 0) is 0 Å². The zero-order chi connectivity index (χ0) is 19.8. The molecule has 0 bridgehead atoms. The topological polar surface area (TPSA) is 29.5 Å². The molecule has 0 unspecified atom stereocenters. The fourth-order valence-corrected chi connectivity index (χ4v) is 6.51. The van der Waals surface area contributed by atoms with Gasteiger partial charge in [0.1, 0.15) is 0 Å². The first-order valence-electron chi connectivity index (χ1n) is 10.1. The van der Waals surface area contributed by atoms with Crippen molar-refractivity contribution in [1.82, 2.24) is 0 Å². The summed E-state index contributed by atoms with van der Waals surface area (Å²) in [6, 6.07) is 8.18. The second-order valence-corrected chi connectivity index (χ2v) is 10.4. The molecule has 0 spiro atoms. The van der Waals surface area contributed by atoms with Gasteiger partial charge < -0.3 is 0 Å². The van der Waals surface area contributed by atoms with Crippen molar-refractivity contribution in [2.24, 2.45) is 0 Å². The average molecular weight is 482 g/mol. The summed E-state index contributed by atoms with van der Waals surface area (Å²) in [6.45, 7) is 11.7. The molecular weight excluding hydrogens is 448 g/mol. The number of benzene rings is 2. The van der Waals surface area contributed by atoms with E-state index in [1.54, 1.807) is 0 Å². The van der Waals surface area contributed by atoms with Gasteiger partial charge in [0.05, 0.1) is 0 Å². The van der Waals surface area contributed by atoms with E-state index in [4.69, 9.17) is 4.74 Å². The fraction of sp³-hybridized carbons (Fsp3) is 0.500. The molecule has 0 aromatic heterocycles. The van der Waals surface area contributed by atoms with Gasteiger partial charge in [0.25, 0.3) is 0 Å². The number of aryl methyl sites for hydroxylation is 4. The number of ether oxygens (including phenoxy) is 1. The van der Waals surface area contributed by atoms with Gasteiger partial charge in [-0.3, -0.25) is 0 Å². The fourth-order valence-electron chi connectivity index (χ4n) is 3.42. The Kier molecular flexibility index (Phi) is 9.00. The summed E-state index contributed by atoms with van der Waals surface area (Å²) >= 11 is -0.489. The monoisotopic (exact) mass is 484 g/mol. The van der Waals surface area contributed by atoms with Crippen molar-refractivity contribution in [3.05, 3.63) is 46.5 Å². The Morgan fingerprint density at radius 3 is 1.78 bits per heavy atom. The van der Waals surface area contributed by atoms with E-state index in [1.807, 2.05) is 12.1 Å². The van der Waals surface area contributed by atoms with Gasteiger partial charge in [-0.1, -0.05) is 6.92 Å². The van der Waals surface area contributed by atoms with Crippen LogP contribution in [0.5, 0.6) is 11.5 Å². The molecule has 0 heterocycles. The predicted octanol–water partition coefficient (Wildman–Crippen LogP) is 5.02. The van der Waals surface area contributed by atoms with Crippen LogP contribution in [-0.4, -0.2) is 32.6 Å². The number of hydrogen-bond donors (Lipinski definition) is 1. The Balaban J connectivity index is 1.99. The van der Waals surface area contributed by atoms with Crippen LogP contribution in [0.2, 0.25) is 0 Å². The molecule has 2 nitrogen and oxygen atoms in total. The van der Waals surface area contributed by atoms with Crippen LogP contribution in [0.3, 0.4) is 0 Å². The van der Waals surface area contributed by atoms with Crippen LogP contribution in [0, 0.1) is 27.7 Å². The molecule has 0 fully saturated rings. The maximum absolute atomic E-state index is 9.79. The standard InChI is InChI=1S/C24H34O2Te/c1-6-7-8-9-10-11-12-26-22-15-19(4)24(20(5)16-22)27-23-17(2)13-21(25)14-18(23)3/h13-16,25H,6-12H2,1-5H3. The van der Waals surface area contributed by atoms with Gasteiger partial charge in [0, 0.05) is 0 Å². The predicted molar refractivity (Wildman–Crippen MR) is 117 cm³/mol. The Hall–Kier alpha value is -1.17. The Morgan fingerprint density at radius 1 is 0.741 bits per heavy atom. The molecule has 0 atom stereocenters. The van der Waals surface area contributed by atoms with Crippen LogP contribution in [0.15, 0.2) is 24.3 Å². The number of phenolic OH excluding ortho intramolecular Hbond substituents is 1. The molecule has 2 aromatic carbocycles. The Bertz CT molecular complexity index is 706. The summed E-state index contributed by atoms with van der Waals surface area (Å²) in [6.07, 6.45) is 7.73. The minimum absolute atomic E-state index is 0.369. The van der Waals surface area contributed by atoms with Gasteiger partial charge in [-0.2, -0.15) is 0 Å². The van der Waals surface area contributed by atoms with E-state index >= 15 is 0 Å². The summed E-state index contributed by atoms with van der Waals surface area (Å²) in [5, 5.41) is 9.79. The molecular formula is C24H34O2Te. The van der Waals surface area contributed by atoms with Crippen molar-refractivity contribution < 1.29 is 9.84 Å². The second kappa shape index (κ2) is 11.0. The molecule has 2 rings (SSSR count). The van der Waals surface area contributed by atoms with E-state index in [0.717, 1.165) is 18.8 Å². The number of aromatic hydroxyl groups is 1. The van der Waals surface area contributed by atoms with E-state index in [9.17, 15) is 5.11 Å². The van der Waals surface area contributed by atoms with Crippen LogP contribution in [-0.2, 0) is 0 Å². The molecule has 0 saturated carbocycles. The third-order valence-corrected chi connectivity index (χ3v) is 9.69. The summed E-state index contributed by atoms with van der Waals surface area (Å²) in [4.78, 5) is 0. The van der Waals surface area contributed by atoms with Gasteiger partial charge >= 0.3 is 169 Å². The van der Waals surface area contributed by atoms with E-state index in [0.29, 0.717) is 5.75 Å². The quantitative estimate of drug-likeness (QED) is 0.381. The summed E-state index contributed by atoms with van der Waals surface area (Å²) < 4.78 is 8.95. The number of rotatable bonds is 10. The zero-order valence-electron chi connectivity index (χ0n) is 17.5. The van der Waals surface area contributed by atoms with Gasteiger partial charge in [-0.25, -0.2) is 0 Å². The normalized spacial score (nSPS) is 11.0. The second-order valence-electron chi connectivity index (χ2n) is 7.51. The average Bonchev–Trinajstić information content (AvgIpc) is 2.59. The molecule has 0 aliphatic heterocycles. The maximum atomic E-state index is 9.79. The van der Waals surface area contributed by atoms with Crippen LogP contribution < -0.4 is 12.0 Å². The molecule has 0 amide bonds. The number of hydrogen-bond acceptors (Lipinski definition) is 2. The van der Waals surface area contributed by atoms with Crippen molar-refractivity contribution >= 4 is 28.1 Å². The summed E-state index contributed by atoms with van der Waals surface area (Å²) in [5.41, 5.74) is 5.08. The Morgan fingerprint density at radius 2 is 1.22 bits per heavy atom. The first-order valence-corrected chi connectivity index (χ1v) is 12.5. The first-order chi connectivity index (χ1) is 12.9. The van der Waals surface area contributed by atoms with Crippen LogP contribution in [0.1, 0.15) is 67.7 Å². The van der Waals surface area contributed by atoms with Crippen molar-refractivity contribution in [3.63, 3.8) is 0 Å². The van der Waals surface area contributed by atoms with Gasteiger partial charge in [0.2, 0.25) is 0 Å². The van der Waals surface area contributed by atoms with E-state index in [-0.39, 0.29) is 0 Å². The molecule has 1 N–H and O–H groups in total. The number of unbranched alkanes of at least 4 members (excludes halogenated alkanes) is 5. The first kappa shape index (κ1) is 22.1. The van der Waals surface area contributed by atoms with Crippen LogP contribution >= 0.6 is 0 Å². The molecule has 3 heteroatoms. The van der Waals surface area contributed by atoms with E-state index in [1.165, 1.54) is 61.6 Å². The van der Waals surface area contributed by atoms with Gasteiger partial charge in [0.15, 0.2) is 0 Å². The third kappa shape index (κ3) is 6.74. The van der Waals surface area contributed by atoms with E-state index < -0.39 is 20.9 Å². The molecule has 2 aromatic rings. The Labute approximate surface area is 175 Å². The van der Waals surface area contributed by atoms with Gasteiger partial charge in [-0.15, -0.1) is 0 Å². The molecule has 0 aliphatic rings. The zero-order valence-corrected chi connectivity index (χ0v) is 19.9. The van der Waals surface area contributed by atoms with Crippen molar-refractivity contribution in [1.29, 1.82) is 0 Å². The summed E-state index contributed by atoms with van der Waals surface area (Å²) in [7, 11) is 0. The molecule has 0 radical (unpaired) electrons. The molecule has 0 saturated heterocycles. The van der Waals surface area contributed by atoms with Crippen molar-refractivity contribution in [2.75, 3.05) is 6.61 Å². The van der Waals surface area contributed by atoms with Crippen molar-refractivity contribution in [2.45, 2.75) is 73.1 Å².